The van der Waals surface area contributed by atoms with Gasteiger partial charge in [-0.05, 0) is 18.6 Å². The number of hydrogen-bond acceptors (Lipinski definition) is 4. The number of aromatic nitrogens is 2. The van der Waals surface area contributed by atoms with Crippen LogP contribution in [0.4, 0.5) is 0 Å². The summed E-state index contributed by atoms with van der Waals surface area (Å²) in [6, 6.07) is 11.2. The molecule has 1 aliphatic rings. The number of aliphatic hydroxyl groups excluding tert-OH is 1. The van der Waals surface area contributed by atoms with Crippen LogP contribution in [0.5, 0.6) is 0 Å². The number of rotatable bonds is 5. The van der Waals surface area contributed by atoms with Crippen molar-refractivity contribution < 1.29 is 9.90 Å². The summed E-state index contributed by atoms with van der Waals surface area (Å²) in [4.78, 5) is 16.6. The molecule has 6 heteroatoms. The second-order valence-corrected chi connectivity index (χ2v) is 6.21. The number of carbonyl (C=O) groups is 1. The lowest BCUT2D eigenvalue weighted by molar-refractivity contribution is -0.136. The minimum Gasteiger partial charge on any atom is -0.387 e. The number of nitrogens with zero attached hydrogens (tertiary/aromatic N) is 4. The first-order chi connectivity index (χ1) is 11.6. The highest BCUT2D eigenvalue weighted by molar-refractivity contribution is 5.80. The molecule has 2 atom stereocenters. The van der Waals surface area contributed by atoms with Gasteiger partial charge in [0, 0.05) is 45.1 Å². The van der Waals surface area contributed by atoms with Crippen molar-refractivity contribution in [1.82, 2.24) is 19.6 Å². The molecule has 0 unspecified atom stereocenters. The van der Waals surface area contributed by atoms with E-state index in [9.17, 15) is 9.90 Å². The first-order valence-corrected chi connectivity index (χ1v) is 8.38. The molecule has 6 nitrogen and oxygen atoms in total. The molecule has 0 saturated carbocycles. The fourth-order valence-electron chi connectivity index (χ4n) is 3.06. The highest BCUT2D eigenvalue weighted by Gasteiger charge is 2.26. The lowest BCUT2D eigenvalue weighted by Crippen LogP contribution is -2.51. The minimum atomic E-state index is -0.489. The molecule has 1 amide bonds. The van der Waals surface area contributed by atoms with Gasteiger partial charge in [0.05, 0.1) is 6.10 Å². The van der Waals surface area contributed by atoms with Gasteiger partial charge >= 0.3 is 0 Å². The summed E-state index contributed by atoms with van der Waals surface area (Å²) in [5.41, 5.74) is 0.934. The van der Waals surface area contributed by atoms with Crippen molar-refractivity contribution in [3.63, 3.8) is 0 Å². The highest BCUT2D eigenvalue weighted by atomic mass is 16.3. The zero-order valence-corrected chi connectivity index (χ0v) is 14.0. The fourth-order valence-corrected chi connectivity index (χ4v) is 3.06. The number of amides is 1. The Bertz CT molecular complexity index is 636. The van der Waals surface area contributed by atoms with Gasteiger partial charge in [-0.25, -0.2) is 0 Å². The van der Waals surface area contributed by atoms with Gasteiger partial charge in [-0.3, -0.25) is 14.4 Å². The maximum absolute atomic E-state index is 12.5. The molecule has 0 bridgehead atoms. The van der Waals surface area contributed by atoms with Crippen molar-refractivity contribution in [2.75, 3.05) is 32.7 Å². The molecule has 0 spiro atoms. The van der Waals surface area contributed by atoms with Crippen LogP contribution < -0.4 is 0 Å². The molecular weight excluding hydrogens is 304 g/mol. The molecule has 0 radical (unpaired) electrons. The zero-order valence-electron chi connectivity index (χ0n) is 14.0. The van der Waals surface area contributed by atoms with Gasteiger partial charge in [0.2, 0.25) is 5.91 Å². The quantitative estimate of drug-likeness (QED) is 0.899. The van der Waals surface area contributed by atoms with E-state index in [1.165, 1.54) is 0 Å². The summed E-state index contributed by atoms with van der Waals surface area (Å²) in [6.45, 7) is 5.41. The van der Waals surface area contributed by atoms with E-state index in [1.807, 2.05) is 54.4 Å². The largest absolute Gasteiger partial charge is 0.387 e. The molecule has 0 aliphatic carbocycles. The number of aliphatic hydroxyl groups is 1. The molecule has 3 rings (SSSR count). The third-order valence-electron chi connectivity index (χ3n) is 4.58. The SMILES string of the molecule is C[C@H](C(=O)N1CCN(C[C@H](O)c2ccccc2)CC1)n1cccn1. The molecule has 1 fully saturated rings. The normalized spacial score (nSPS) is 18.3. The molecule has 128 valence electrons. The van der Waals surface area contributed by atoms with E-state index in [4.69, 9.17) is 0 Å². The summed E-state index contributed by atoms with van der Waals surface area (Å²) in [5, 5.41) is 14.5. The van der Waals surface area contributed by atoms with E-state index in [0.717, 1.165) is 18.7 Å². The van der Waals surface area contributed by atoms with Crippen LogP contribution in [0.3, 0.4) is 0 Å². The molecule has 24 heavy (non-hydrogen) atoms. The maximum Gasteiger partial charge on any atom is 0.247 e. The smallest absolute Gasteiger partial charge is 0.247 e. The molecule has 1 aromatic carbocycles. The van der Waals surface area contributed by atoms with Crippen molar-refractivity contribution in [3.8, 4) is 0 Å². The maximum atomic E-state index is 12.5. The van der Waals surface area contributed by atoms with Gasteiger partial charge in [0.15, 0.2) is 0 Å². The predicted molar refractivity (Wildman–Crippen MR) is 91.4 cm³/mol. The van der Waals surface area contributed by atoms with Gasteiger partial charge in [-0.15, -0.1) is 0 Å². The van der Waals surface area contributed by atoms with Gasteiger partial charge in [0.25, 0.3) is 0 Å². The van der Waals surface area contributed by atoms with Crippen LogP contribution in [0.2, 0.25) is 0 Å². The monoisotopic (exact) mass is 328 g/mol. The Morgan fingerprint density at radius 3 is 2.50 bits per heavy atom. The molecule has 2 heterocycles. The van der Waals surface area contributed by atoms with Crippen LogP contribution in [-0.2, 0) is 4.79 Å². The van der Waals surface area contributed by atoms with Crippen LogP contribution in [0.25, 0.3) is 0 Å². The molecule has 1 aliphatic heterocycles. The zero-order chi connectivity index (χ0) is 16.9. The van der Waals surface area contributed by atoms with E-state index in [2.05, 4.69) is 10.00 Å². The van der Waals surface area contributed by atoms with Gasteiger partial charge < -0.3 is 10.0 Å². The van der Waals surface area contributed by atoms with Crippen molar-refractivity contribution in [1.29, 1.82) is 0 Å². The van der Waals surface area contributed by atoms with Crippen molar-refractivity contribution in [2.45, 2.75) is 19.1 Å². The number of carbonyl (C=O) groups excluding carboxylic acids is 1. The molecule has 2 aromatic rings. The van der Waals surface area contributed by atoms with E-state index in [0.29, 0.717) is 19.6 Å². The second-order valence-electron chi connectivity index (χ2n) is 6.21. The average molecular weight is 328 g/mol. The van der Waals surface area contributed by atoms with Crippen molar-refractivity contribution in [2.24, 2.45) is 0 Å². The molecule has 1 N–H and O–H groups in total. The molecular formula is C18H24N4O2. The van der Waals surface area contributed by atoms with Crippen LogP contribution in [-0.4, -0.2) is 63.3 Å². The fraction of sp³-hybridized carbons (Fsp3) is 0.444. The van der Waals surface area contributed by atoms with Gasteiger partial charge in [-0.2, -0.15) is 5.10 Å². The number of benzene rings is 1. The summed E-state index contributed by atoms with van der Waals surface area (Å²) in [7, 11) is 0. The number of piperazine rings is 1. The van der Waals surface area contributed by atoms with E-state index < -0.39 is 6.10 Å². The number of β-amino-alcohol motifs (C(OH)–C–C–N with tert-alkyl or cyclic N) is 1. The van der Waals surface area contributed by atoms with E-state index >= 15 is 0 Å². The standard InChI is InChI=1S/C18H24N4O2/c1-15(22-9-5-8-19-22)18(24)21-12-10-20(11-13-21)14-17(23)16-6-3-2-4-7-16/h2-9,15,17,23H,10-14H2,1H3/t15-,17+/m1/s1. The summed E-state index contributed by atoms with van der Waals surface area (Å²) in [5.74, 6) is 0.0990. The Morgan fingerprint density at radius 2 is 1.88 bits per heavy atom. The Hall–Kier alpha value is -2.18. The van der Waals surface area contributed by atoms with Crippen LogP contribution in [0, 0.1) is 0 Å². The Morgan fingerprint density at radius 1 is 1.17 bits per heavy atom. The number of hydrogen-bond donors (Lipinski definition) is 1. The van der Waals surface area contributed by atoms with Gasteiger partial charge in [0.1, 0.15) is 6.04 Å². The predicted octanol–water partition coefficient (Wildman–Crippen LogP) is 1.32. The summed E-state index contributed by atoms with van der Waals surface area (Å²) >= 11 is 0. The molecule has 1 aromatic heterocycles. The lowest BCUT2D eigenvalue weighted by Gasteiger charge is -2.36. The van der Waals surface area contributed by atoms with Crippen LogP contribution in [0.15, 0.2) is 48.8 Å². The van der Waals surface area contributed by atoms with Gasteiger partial charge in [-0.1, -0.05) is 30.3 Å². The Kier molecular flexibility index (Phi) is 5.27. The van der Waals surface area contributed by atoms with E-state index in [-0.39, 0.29) is 11.9 Å². The third-order valence-corrected chi connectivity index (χ3v) is 4.58. The van der Waals surface area contributed by atoms with Crippen LogP contribution in [0.1, 0.15) is 24.6 Å². The van der Waals surface area contributed by atoms with E-state index in [1.54, 1.807) is 10.9 Å². The Balaban J connectivity index is 1.50. The second kappa shape index (κ2) is 7.59. The van der Waals surface area contributed by atoms with Crippen LogP contribution >= 0.6 is 0 Å². The highest BCUT2D eigenvalue weighted by Crippen LogP contribution is 2.16. The van der Waals surface area contributed by atoms with Crippen molar-refractivity contribution >= 4 is 5.91 Å². The average Bonchev–Trinajstić information content (AvgIpc) is 3.16. The Labute approximate surface area is 142 Å². The first-order valence-electron chi connectivity index (χ1n) is 8.38. The lowest BCUT2D eigenvalue weighted by atomic mass is 10.1. The first kappa shape index (κ1) is 16.7. The third kappa shape index (κ3) is 3.83. The topological polar surface area (TPSA) is 61.6 Å². The minimum absolute atomic E-state index is 0.0990. The van der Waals surface area contributed by atoms with Crippen molar-refractivity contribution in [3.05, 3.63) is 54.4 Å². The summed E-state index contributed by atoms with van der Waals surface area (Å²) in [6.07, 6.45) is 3.01. The summed E-state index contributed by atoms with van der Waals surface area (Å²) < 4.78 is 1.69. The molecule has 1 saturated heterocycles.